The Morgan fingerprint density at radius 3 is 2.48 bits per heavy atom. The SMILES string of the molecule is Cc1ccc(-c2nc(CC(=O)NCc3ccc(NC(=O)C4CC4)cc3)cs2)cc1. The maximum Gasteiger partial charge on any atom is 0.227 e. The first-order chi connectivity index (χ1) is 14.1. The third-order valence-electron chi connectivity index (χ3n) is 4.85. The van der Waals surface area contributed by atoms with Crippen LogP contribution in [-0.4, -0.2) is 16.8 Å². The second-order valence-electron chi connectivity index (χ2n) is 7.42. The summed E-state index contributed by atoms with van der Waals surface area (Å²) in [4.78, 5) is 28.6. The van der Waals surface area contributed by atoms with Crippen LogP contribution in [0.1, 0.15) is 29.7 Å². The number of benzene rings is 2. The summed E-state index contributed by atoms with van der Waals surface area (Å²) in [6, 6.07) is 15.8. The van der Waals surface area contributed by atoms with Crippen LogP contribution in [0.15, 0.2) is 53.9 Å². The molecule has 1 aliphatic rings. The number of carbonyl (C=O) groups excluding carboxylic acids is 2. The van der Waals surface area contributed by atoms with Crippen LogP contribution in [0.4, 0.5) is 5.69 Å². The van der Waals surface area contributed by atoms with Gasteiger partial charge in [-0.1, -0.05) is 42.0 Å². The Bertz CT molecular complexity index is 1010. The van der Waals surface area contributed by atoms with Gasteiger partial charge in [-0.15, -0.1) is 11.3 Å². The van der Waals surface area contributed by atoms with Gasteiger partial charge in [0.2, 0.25) is 11.8 Å². The molecule has 5 nitrogen and oxygen atoms in total. The number of aryl methyl sites for hydroxylation is 1. The van der Waals surface area contributed by atoms with Crippen LogP contribution in [0.3, 0.4) is 0 Å². The Hall–Kier alpha value is -2.99. The number of nitrogens with zero attached hydrogens (tertiary/aromatic N) is 1. The molecule has 1 aliphatic carbocycles. The molecule has 1 heterocycles. The van der Waals surface area contributed by atoms with Gasteiger partial charge in [-0.2, -0.15) is 0 Å². The van der Waals surface area contributed by atoms with Gasteiger partial charge in [0.15, 0.2) is 0 Å². The van der Waals surface area contributed by atoms with E-state index < -0.39 is 0 Å². The quantitative estimate of drug-likeness (QED) is 0.615. The van der Waals surface area contributed by atoms with Crippen LogP contribution in [0.5, 0.6) is 0 Å². The lowest BCUT2D eigenvalue weighted by molar-refractivity contribution is -0.120. The molecule has 1 aromatic heterocycles. The molecule has 3 aromatic rings. The van der Waals surface area contributed by atoms with E-state index >= 15 is 0 Å². The van der Waals surface area contributed by atoms with E-state index in [9.17, 15) is 9.59 Å². The predicted molar refractivity (Wildman–Crippen MR) is 116 cm³/mol. The summed E-state index contributed by atoms with van der Waals surface area (Å²) < 4.78 is 0. The number of thiazole rings is 1. The molecule has 4 rings (SSSR count). The van der Waals surface area contributed by atoms with E-state index in [-0.39, 0.29) is 24.2 Å². The zero-order valence-electron chi connectivity index (χ0n) is 16.3. The van der Waals surface area contributed by atoms with Gasteiger partial charge in [0.1, 0.15) is 5.01 Å². The molecular formula is C23H23N3O2S. The molecule has 0 atom stereocenters. The minimum atomic E-state index is -0.0585. The summed E-state index contributed by atoms with van der Waals surface area (Å²) in [5.74, 6) is 0.224. The number of hydrogen-bond acceptors (Lipinski definition) is 4. The van der Waals surface area contributed by atoms with Crippen molar-refractivity contribution in [3.05, 3.63) is 70.7 Å². The average molecular weight is 406 g/mol. The molecule has 2 N–H and O–H groups in total. The van der Waals surface area contributed by atoms with Crippen molar-refractivity contribution in [2.75, 3.05) is 5.32 Å². The highest BCUT2D eigenvalue weighted by atomic mass is 32.1. The van der Waals surface area contributed by atoms with Gasteiger partial charge in [0.05, 0.1) is 12.1 Å². The van der Waals surface area contributed by atoms with Crippen molar-refractivity contribution >= 4 is 28.8 Å². The number of hydrogen-bond donors (Lipinski definition) is 2. The van der Waals surface area contributed by atoms with Gasteiger partial charge in [0.25, 0.3) is 0 Å². The van der Waals surface area contributed by atoms with Crippen molar-refractivity contribution in [1.82, 2.24) is 10.3 Å². The van der Waals surface area contributed by atoms with Crippen LogP contribution in [0.2, 0.25) is 0 Å². The second-order valence-corrected chi connectivity index (χ2v) is 8.28. The first-order valence-electron chi connectivity index (χ1n) is 9.75. The van der Waals surface area contributed by atoms with Crippen molar-refractivity contribution in [3.8, 4) is 10.6 Å². The minimum absolute atomic E-state index is 0.0585. The Kier molecular flexibility index (Phi) is 5.71. The molecule has 2 amide bonds. The summed E-state index contributed by atoms with van der Waals surface area (Å²) in [6.45, 7) is 2.50. The van der Waals surface area contributed by atoms with Crippen molar-refractivity contribution in [1.29, 1.82) is 0 Å². The van der Waals surface area contributed by atoms with E-state index in [1.165, 1.54) is 5.56 Å². The predicted octanol–water partition coefficient (Wildman–Crippen LogP) is 4.33. The number of nitrogens with one attached hydrogen (secondary N) is 2. The van der Waals surface area contributed by atoms with E-state index in [0.29, 0.717) is 6.54 Å². The van der Waals surface area contributed by atoms with Gasteiger partial charge >= 0.3 is 0 Å². The van der Waals surface area contributed by atoms with Crippen molar-refractivity contribution in [2.24, 2.45) is 5.92 Å². The summed E-state index contributed by atoms with van der Waals surface area (Å²) >= 11 is 1.55. The Morgan fingerprint density at radius 2 is 1.79 bits per heavy atom. The van der Waals surface area contributed by atoms with Crippen molar-refractivity contribution in [2.45, 2.75) is 32.7 Å². The fourth-order valence-corrected chi connectivity index (χ4v) is 3.77. The first-order valence-corrected chi connectivity index (χ1v) is 10.6. The van der Waals surface area contributed by atoms with Gasteiger partial charge < -0.3 is 10.6 Å². The van der Waals surface area contributed by atoms with Crippen molar-refractivity contribution in [3.63, 3.8) is 0 Å². The van der Waals surface area contributed by atoms with Crippen molar-refractivity contribution < 1.29 is 9.59 Å². The van der Waals surface area contributed by atoms with Crippen LogP contribution >= 0.6 is 11.3 Å². The van der Waals surface area contributed by atoms with Crippen LogP contribution in [0.25, 0.3) is 10.6 Å². The van der Waals surface area contributed by atoms with Gasteiger partial charge in [-0.25, -0.2) is 4.98 Å². The fraction of sp³-hybridized carbons (Fsp3) is 0.261. The molecule has 29 heavy (non-hydrogen) atoms. The Morgan fingerprint density at radius 1 is 1.07 bits per heavy atom. The zero-order valence-corrected chi connectivity index (χ0v) is 17.1. The molecule has 0 saturated heterocycles. The molecule has 148 valence electrons. The average Bonchev–Trinajstić information content (AvgIpc) is 3.48. The monoisotopic (exact) mass is 405 g/mol. The van der Waals surface area contributed by atoms with E-state index in [2.05, 4.69) is 46.8 Å². The molecule has 0 spiro atoms. The maximum absolute atomic E-state index is 12.3. The summed E-state index contributed by atoms with van der Waals surface area (Å²) in [7, 11) is 0. The summed E-state index contributed by atoms with van der Waals surface area (Å²) in [5.41, 5.74) is 4.84. The lowest BCUT2D eigenvalue weighted by Crippen LogP contribution is -2.24. The lowest BCUT2D eigenvalue weighted by atomic mass is 10.2. The largest absolute Gasteiger partial charge is 0.352 e. The third-order valence-corrected chi connectivity index (χ3v) is 5.79. The molecule has 2 aromatic carbocycles. The zero-order chi connectivity index (χ0) is 20.2. The number of amides is 2. The van der Waals surface area contributed by atoms with Gasteiger partial charge in [-0.05, 0) is 37.5 Å². The number of rotatable bonds is 7. The highest BCUT2D eigenvalue weighted by Crippen LogP contribution is 2.30. The van der Waals surface area contributed by atoms with E-state index in [4.69, 9.17) is 0 Å². The molecule has 0 unspecified atom stereocenters. The molecule has 0 bridgehead atoms. The van der Waals surface area contributed by atoms with Gasteiger partial charge in [-0.3, -0.25) is 9.59 Å². The first kappa shape index (κ1) is 19.3. The van der Waals surface area contributed by atoms with E-state index in [1.54, 1.807) is 11.3 Å². The highest BCUT2D eigenvalue weighted by molar-refractivity contribution is 7.13. The highest BCUT2D eigenvalue weighted by Gasteiger charge is 2.29. The normalized spacial score (nSPS) is 13.1. The smallest absolute Gasteiger partial charge is 0.227 e. The number of carbonyl (C=O) groups is 2. The molecule has 0 radical (unpaired) electrons. The second kappa shape index (κ2) is 8.57. The molecule has 1 saturated carbocycles. The maximum atomic E-state index is 12.3. The number of anilines is 1. The van der Waals surface area contributed by atoms with Crippen LogP contribution in [0, 0.1) is 12.8 Å². The number of aromatic nitrogens is 1. The standard InChI is InChI=1S/C23H23N3O2S/c1-15-2-6-18(7-3-15)23-26-20(14-29-23)12-21(27)24-13-16-4-10-19(11-5-16)25-22(28)17-8-9-17/h2-7,10-11,14,17H,8-9,12-13H2,1H3,(H,24,27)(H,25,28). The Labute approximate surface area is 174 Å². The molecule has 1 fully saturated rings. The minimum Gasteiger partial charge on any atom is -0.352 e. The molecular weight excluding hydrogens is 382 g/mol. The fourth-order valence-electron chi connectivity index (χ4n) is 2.94. The summed E-state index contributed by atoms with van der Waals surface area (Å²) in [6.07, 6.45) is 2.24. The van der Waals surface area contributed by atoms with Gasteiger partial charge in [0, 0.05) is 29.1 Å². The van der Waals surface area contributed by atoms with Crippen LogP contribution in [-0.2, 0) is 22.6 Å². The Balaban J connectivity index is 1.26. The van der Waals surface area contributed by atoms with E-state index in [1.807, 2.05) is 29.6 Å². The third kappa shape index (κ3) is 5.29. The van der Waals surface area contributed by atoms with E-state index in [0.717, 1.165) is 40.4 Å². The topological polar surface area (TPSA) is 71.1 Å². The lowest BCUT2D eigenvalue weighted by Gasteiger charge is -2.07. The van der Waals surface area contributed by atoms with Crippen LogP contribution < -0.4 is 10.6 Å². The molecule has 0 aliphatic heterocycles. The molecule has 6 heteroatoms. The summed E-state index contributed by atoms with van der Waals surface area (Å²) in [5, 5.41) is 8.71.